The van der Waals surface area contributed by atoms with Crippen molar-refractivity contribution in [3.8, 4) is 6.07 Å². The van der Waals surface area contributed by atoms with Crippen molar-refractivity contribution in [3.05, 3.63) is 0 Å². The van der Waals surface area contributed by atoms with Gasteiger partial charge in [-0.05, 0) is 13.8 Å². The predicted octanol–water partition coefficient (Wildman–Crippen LogP) is 0.560. The lowest BCUT2D eigenvalue weighted by molar-refractivity contribution is 0.211. The maximum atomic E-state index is 11.0. The highest BCUT2D eigenvalue weighted by molar-refractivity contribution is 5.74. The van der Waals surface area contributed by atoms with Crippen molar-refractivity contribution in [2.24, 2.45) is 0 Å². The second-order valence-corrected chi connectivity index (χ2v) is 3.06. The Morgan fingerprint density at radius 3 is 2.27 bits per heavy atom. The first kappa shape index (κ1) is 9.76. The Balaban J connectivity index is 4.08. The molecule has 1 N–H and O–H groups in total. The van der Waals surface area contributed by atoms with Crippen LogP contribution in [0.15, 0.2) is 0 Å². The number of rotatable bonds is 1. The molecule has 0 heterocycles. The van der Waals surface area contributed by atoms with Crippen molar-refractivity contribution in [1.82, 2.24) is 10.2 Å². The summed E-state index contributed by atoms with van der Waals surface area (Å²) in [5, 5.41) is 11.1. The van der Waals surface area contributed by atoms with Crippen LogP contribution in [0.1, 0.15) is 13.8 Å². The third kappa shape index (κ3) is 3.46. The first-order valence-electron chi connectivity index (χ1n) is 3.30. The molecule has 0 saturated heterocycles. The molecule has 0 bridgehead atoms. The number of nitrogens with zero attached hydrogens (tertiary/aromatic N) is 2. The topological polar surface area (TPSA) is 56.1 Å². The fourth-order valence-electron chi connectivity index (χ4n) is 0.407. The molecule has 0 aromatic rings. The first-order valence-corrected chi connectivity index (χ1v) is 3.30. The lowest BCUT2D eigenvalue weighted by atomic mass is 10.1. The maximum Gasteiger partial charge on any atom is 0.318 e. The van der Waals surface area contributed by atoms with E-state index in [1.165, 1.54) is 4.90 Å². The molecule has 0 unspecified atom stereocenters. The zero-order valence-electron chi connectivity index (χ0n) is 7.30. The highest BCUT2D eigenvalue weighted by atomic mass is 16.2. The summed E-state index contributed by atoms with van der Waals surface area (Å²) in [7, 11) is 3.26. The van der Waals surface area contributed by atoms with Gasteiger partial charge in [-0.25, -0.2) is 4.79 Å². The fraction of sp³-hybridized carbons (Fsp3) is 0.714. The number of hydrogen-bond acceptors (Lipinski definition) is 2. The molecule has 0 atom stereocenters. The summed E-state index contributed by atoms with van der Waals surface area (Å²) in [6, 6.07) is 1.72. The van der Waals surface area contributed by atoms with Gasteiger partial charge in [-0.3, -0.25) is 0 Å². The summed E-state index contributed by atoms with van der Waals surface area (Å²) in [6.45, 7) is 3.29. The quantitative estimate of drug-likeness (QED) is 0.601. The molecule has 11 heavy (non-hydrogen) atoms. The normalized spacial score (nSPS) is 10.1. The molecular formula is C7H13N3O. The Hall–Kier alpha value is -1.24. The Morgan fingerprint density at radius 2 is 2.00 bits per heavy atom. The van der Waals surface area contributed by atoms with Crippen molar-refractivity contribution in [2.45, 2.75) is 19.4 Å². The Labute approximate surface area is 66.8 Å². The largest absolute Gasteiger partial charge is 0.331 e. The molecule has 0 radical (unpaired) electrons. The van der Waals surface area contributed by atoms with Gasteiger partial charge in [0.2, 0.25) is 0 Å². The van der Waals surface area contributed by atoms with Crippen molar-refractivity contribution < 1.29 is 4.79 Å². The second kappa shape index (κ2) is 3.24. The number of amides is 2. The van der Waals surface area contributed by atoms with Gasteiger partial charge >= 0.3 is 6.03 Å². The van der Waals surface area contributed by atoms with E-state index in [4.69, 9.17) is 5.26 Å². The van der Waals surface area contributed by atoms with Gasteiger partial charge < -0.3 is 10.2 Å². The standard InChI is InChI=1S/C7H13N3O/c1-7(2,5-8)9-6(11)10(3)4/h1-4H3,(H,9,11). The highest BCUT2D eigenvalue weighted by Crippen LogP contribution is 1.98. The van der Waals surface area contributed by atoms with Crippen molar-refractivity contribution in [2.75, 3.05) is 14.1 Å². The molecule has 4 nitrogen and oxygen atoms in total. The minimum atomic E-state index is -0.790. The fourth-order valence-corrected chi connectivity index (χ4v) is 0.407. The van der Waals surface area contributed by atoms with Gasteiger partial charge in [0, 0.05) is 14.1 Å². The zero-order chi connectivity index (χ0) is 9.07. The summed E-state index contributed by atoms with van der Waals surface area (Å²) in [6.07, 6.45) is 0. The van der Waals surface area contributed by atoms with Crippen LogP contribution in [0.5, 0.6) is 0 Å². The Bertz CT molecular complexity index is 190. The summed E-state index contributed by atoms with van der Waals surface area (Å²) in [5.74, 6) is 0. The summed E-state index contributed by atoms with van der Waals surface area (Å²) < 4.78 is 0. The van der Waals surface area contributed by atoms with E-state index in [2.05, 4.69) is 5.32 Å². The lowest BCUT2D eigenvalue weighted by Crippen LogP contribution is -2.46. The molecule has 0 fully saturated rings. The van der Waals surface area contributed by atoms with Crippen LogP contribution in [0.25, 0.3) is 0 Å². The molecule has 4 heteroatoms. The average molecular weight is 155 g/mol. The molecule has 62 valence electrons. The Kier molecular flexibility index (Phi) is 2.87. The smallest absolute Gasteiger partial charge is 0.318 e. The zero-order valence-corrected chi connectivity index (χ0v) is 7.30. The van der Waals surface area contributed by atoms with Crippen LogP contribution in [0, 0.1) is 11.3 Å². The van der Waals surface area contributed by atoms with E-state index in [0.717, 1.165) is 0 Å². The molecule has 0 aliphatic heterocycles. The highest BCUT2D eigenvalue weighted by Gasteiger charge is 2.19. The number of carbonyl (C=O) groups is 1. The van der Waals surface area contributed by atoms with Crippen LogP contribution in [0.4, 0.5) is 4.79 Å². The van der Waals surface area contributed by atoms with Crippen LogP contribution in [-0.2, 0) is 0 Å². The van der Waals surface area contributed by atoms with E-state index in [-0.39, 0.29) is 6.03 Å². The minimum absolute atomic E-state index is 0.253. The van der Waals surface area contributed by atoms with Gasteiger partial charge in [0.25, 0.3) is 0 Å². The minimum Gasteiger partial charge on any atom is -0.331 e. The lowest BCUT2D eigenvalue weighted by Gasteiger charge is -2.20. The van der Waals surface area contributed by atoms with Crippen LogP contribution >= 0.6 is 0 Å². The number of carbonyl (C=O) groups excluding carboxylic acids is 1. The van der Waals surface area contributed by atoms with Gasteiger partial charge in [0.05, 0.1) is 6.07 Å². The van der Waals surface area contributed by atoms with Crippen LogP contribution < -0.4 is 5.32 Å². The average Bonchev–Trinajstić information content (AvgIpc) is 1.87. The third-order valence-electron chi connectivity index (χ3n) is 1.11. The molecule has 0 aromatic heterocycles. The van der Waals surface area contributed by atoms with Crippen LogP contribution in [-0.4, -0.2) is 30.6 Å². The summed E-state index contributed by atoms with van der Waals surface area (Å²) in [4.78, 5) is 12.4. The van der Waals surface area contributed by atoms with Crippen LogP contribution in [0.3, 0.4) is 0 Å². The van der Waals surface area contributed by atoms with Gasteiger partial charge in [-0.1, -0.05) is 0 Å². The van der Waals surface area contributed by atoms with Gasteiger partial charge in [-0.15, -0.1) is 0 Å². The van der Waals surface area contributed by atoms with E-state index in [1.807, 2.05) is 6.07 Å². The van der Waals surface area contributed by atoms with Gasteiger partial charge in [0.15, 0.2) is 0 Å². The maximum absolute atomic E-state index is 11.0. The van der Waals surface area contributed by atoms with Crippen LogP contribution in [0.2, 0.25) is 0 Å². The molecule has 0 spiro atoms. The predicted molar refractivity (Wildman–Crippen MR) is 41.9 cm³/mol. The molecule has 2 amide bonds. The van der Waals surface area contributed by atoms with E-state index in [1.54, 1.807) is 27.9 Å². The van der Waals surface area contributed by atoms with E-state index >= 15 is 0 Å². The van der Waals surface area contributed by atoms with E-state index in [9.17, 15) is 4.79 Å². The molecule has 0 rings (SSSR count). The SMILES string of the molecule is CN(C)C(=O)NC(C)(C)C#N. The van der Waals surface area contributed by atoms with Gasteiger partial charge in [0.1, 0.15) is 5.54 Å². The monoisotopic (exact) mass is 155 g/mol. The van der Waals surface area contributed by atoms with Crippen molar-refractivity contribution in [1.29, 1.82) is 5.26 Å². The van der Waals surface area contributed by atoms with Gasteiger partial charge in [-0.2, -0.15) is 5.26 Å². The van der Waals surface area contributed by atoms with Crippen molar-refractivity contribution >= 4 is 6.03 Å². The molecule has 0 aromatic carbocycles. The summed E-state index contributed by atoms with van der Waals surface area (Å²) >= 11 is 0. The van der Waals surface area contributed by atoms with E-state index in [0.29, 0.717) is 0 Å². The first-order chi connectivity index (χ1) is 4.89. The number of hydrogen-bond donors (Lipinski definition) is 1. The second-order valence-electron chi connectivity index (χ2n) is 3.06. The molecule has 0 saturated carbocycles. The Morgan fingerprint density at radius 1 is 1.55 bits per heavy atom. The number of urea groups is 1. The third-order valence-corrected chi connectivity index (χ3v) is 1.11. The molecule has 0 aliphatic carbocycles. The number of nitriles is 1. The van der Waals surface area contributed by atoms with Crippen molar-refractivity contribution in [3.63, 3.8) is 0 Å². The molecular weight excluding hydrogens is 142 g/mol. The van der Waals surface area contributed by atoms with E-state index < -0.39 is 5.54 Å². The summed E-state index contributed by atoms with van der Waals surface area (Å²) in [5.41, 5.74) is -0.790. The molecule has 0 aliphatic rings. The number of nitrogens with one attached hydrogen (secondary N) is 1.